The summed E-state index contributed by atoms with van der Waals surface area (Å²) in [6, 6.07) is 56.5. The molecule has 0 saturated carbocycles. The molecule has 0 bridgehead atoms. The lowest BCUT2D eigenvalue weighted by Crippen LogP contribution is -1.96. The number of hydrogen-bond donors (Lipinski definition) is 0. The highest BCUT2D eigenvalue weighted by atomic mass is 15.1. The molecule has 0 amide bonds. The zero-order valence-corrected chi connectivity index (χ0v) is 23.9. The van der Waals surface area contributed by atoms with Crippen molar-refractivity contribution >= 4 is 43.6 Å². The summed E-state index contributed by atoms with van der Waals surface area (Å²) in [6.45, 7) is 0. The van der Waals surface area contributed by atoms with E-state index >= 15 is 0 Å². The van der Waals surface area contributed by atoms with Crippen LogP contribution in [-0.4, -0.2) is 14.1 Å². The molecule has 0 radical (unpaired) electrons. The molecule has 9 aromatic rings. The molecule has 0 aliphatic rings. The van der Waals surface area contributed by atoms with E-state index in [1.54, 1.807) is 0 Å². The molecule has 0 fully saturated rings. The fourth-order valence-electron chi connectivity index (χ4n) is 6.77. The van der Waals surface area contributed by atoms with Crippen molar-refractivity contribution in [2.24, 2.45) is 0 Å². The Kier molecular flexibility index (Phi) is 5.50. The van der Waals surface area contributed by atoms with Gasteiger partial charge in [0.15, 0.2) is 0 Å². The van der Waals surface area contributed by atoms with Gasteiger partial charge in [-0.3, -0.25) is 4.57 Å². The Balaban J connectivity index is 1.23. The average Bonchev–Trinajstić information content (AvgIpc) is 3.61. The molecule has 0 saturated heterocycles. The first-order valence-electron chi connectivity index (χ1n) is 15.0. The van der Waals surface area contributed by atoms with Gasteiger partial charge in [0.1, 0.15) is 5.82 Å². The molecule has 9 rings (SSSR count). The summed E-state index contributed by atoms with van der Waals surface area (Å²) in [7, 11) is 0. The minimum Gasteiger partial charge on any atom is -0.309 e. The zero-order valence-electron chi connectivity index (χ0n) is 23.9. The summed E-state index contributed by atoms with van der Waals surface area (Å²) in [5, 5.41) is 4.96. The van der Waals surface area contributed by atoms with Gasteiger partial charge < -0.3 is 4.57 Å². The van der Waals surface area contributed by atoms with E-state index in [1.165, 1.54) is 54.8 Å². The quantitative estimate of drug-likeness (QED) is 0.210. The second-order valence-electron chi connectivity index (χ2n) is 11.3. The van der Waals surface area contributed by atoms with Gasteiger partial charge in [0.2, 0.25) is 0 Å². The maximum absolute atomic E-state index is 4.68. The number of aromatic nitrogens is 3. The molecule has 3 aromatic heterocycles. The molecular formula is C41H27N3. The first-order chi connectivity index (χ1) is 21.8. The van der Waals surface area contributed by atoms with Crippen LogP contribution in [0.4, 0.5) is 0 Å². The first-order valence-corrected chi connectivity index (χ1v) is 15.0. The lowest BCUT2D eigenvalue weighted by Gasteiger charge is -2.11. The van der Waals surface area contributed by atoms with Crippen molar-refractivity contribution in [3.8, 4) is 33.8 Å². The third kappa shape index (κ3) is 3.80. The molecule has 0 unspecified atom stereocenters. The fraction of sp³-hybridized carbons (Fsp3) is 0. The second kappa shape index (κ2) is 9.82. The molecule has 0 aliphatic heterocycles. The third-order valence-corrected chi connectivity index (χ3v) is 8.77. The minimum absolute atomic E-state index is 0.928. The van der Waals surface area contributed by atoms with Gasteiger partial charge >= 0.3 is 0 Å². The van der Waals surface area contributed by atoms with Crippen molar-refractivity contribution in [2.45, 2.75) is 0 Å². The monoisotopic (exact) mass is 561 g/mol. The van der Waals surface area contributed by atoms with E-state index in [2.05, 4.69) is 160 Å². The van der Waals surface area contributed by atoms with Crippen molar-refractivity contribution < 1.29 is 0 Å². The highest BCUT2D eigenvalue weighted by Crippen LogP contribution is 2.38. The van der Waals surface area contributed by atoms with Crippen molar-refractivity contribution in [3.63, 3.8) is 0 Å². The topological polar surface area (TPSA) is 22.8 Å². The molecule has 3 heteroatoms. The largest absolute Gasteiger partial charge is 0.309 e. The molecule has 0 N–H and O–H groups in total. The van der Waals surface area contributed by atoms with Crippen LogP contribution in [0.1, 0.15) is 0 Å². The summed E-state index contributed by atoms with van der Waals surface area (Å²) >= 11 is 0. The van der Waals surface area contributed by atoms with Crippen LogP contribution >= 0.6 is 0 Å². The summed E-state index contributed by atoms with van der Waals surface area (Å²) in [5.41, 5.74) is 10.7. The van der Waals surface area contributed by atoms with Gasteiger partial charge in [0.25, 0.3) is 0 Å². The van der Waals surface area contributed by atoms with Gasteiger partial charge in [-0.1, -0.05) is 97.1 Å². The van der Waals surface area contributed by atoms with Crippen molar-refractivity contribution in [3.05, 3.63) is 164 Å². The number of nitrogens with zero attached hydrogens (tertiary/aromatic N) is 3. The summed E-state index contributed by atoms with van der Waals surface area (Å²) in [6.07, 6.45) is 1.86. The van der Waals surface area contributed by atoms with Crippen LogP contribution < -0.4 is 0 Å². The lowest BCUT2D eigenvalue weighted by atomic mass is 10.0. The van der Waals surface area contributed by atoms with Gasteiger partial charge in [0, 0.05) is 33.4 Å². The number of pyridine rings is 1. The summed E-state index contributed by atoms with van der Waals surface area (Å²) in [4.78, 5) is 4.68. The van der Waals surface area contributed by atoms with E-state index in [0.717, 1.165) is 22.5 Å². The van der Waals surface area contributed by atoms with Gasteiger partial charge in [-0.2, -0.15) is 0 Å². The van der Waals surface area contributed by atoms with Gasteiger partial charge in [0.05, 0.1) is 22.1 Å². The van der Waals surface area contributed by atoms with Gasteiger partial charge in [-0.25, -0.2) is 4.98 Å². The number of fused-ring (bicyclic) bond motifs is 6. The van der Waals surface area contributed by atoms with Crippen LogP contribution in [0.5, 0.6) is 0 Å². The van der Waals surface area contributed by atoms with E-state index in [-0.39, 0.29) is 0 Å². The van der Waals surface area contributed by atoms with E-state index in [0.29, 0.717) is 0 Å². The highest BCUT2D eigenvalue weighted by Gasteiger charge is 2.16. The van der Waals surface area contributed by atoms with E-state index in [9.17, 15) is 0 Å². The Morgan fingerprint density at radius 2 is 0.886 bits per heavy atom. The standard InChI is InChI=1S/C41H27N3/c1-2-11-28(12-3-1)29-13-10-14-32(25-29)43-37-17-6-4-15-33(37)35-26-30(20-22-39(35)43)31-21-23-40-36(27-31)34-16-5-7-18-38(34)44(40)41-19-8-9-24-42-41/h1-27H. The first kappa shape index (κ1) is 24.6. The Bertz CT molecular complexity index is 2480. The highest BCUT2D eigenvalue weighted by molar-refractivity contribution is 6.12. The van der Waals surface area contributed by atoms with Crippen LogP contribution in [0.3, 0.4) is 0 Å². The van der Waals surface area contributed by atoms with Crippen molar-refractivity contribution in [1.82, 2.24) is 14.1 Å². The maximum atomic E-state index is 4.68. The predicted octanol–water partition coefficient (Wildman–Crippen LogP) is 10.6. The van der Waals surface area contributed by atoms with Crippen molar-refractivity contribution in [1.29, 1.82) is 0 Å². The number of benzene rings is 6. The van der Waals surface area contributed by atoms with E-state index in [4.69, 9.17) is 0 Å². The van der Waals surface area contributed by atoms with E-state index in [1.807, 2.05) is 18.3 Å². The smallest absolute Gasteiger partial charge is 0.137 e. The SMILES string of the molecule is c1ccc(-c2cccc(-n3c4ccccc4c4cc(-c5ccc6c(c5)c5ccccc5n6-c5ccccn5)ccc43)c2)cc1. The fourth-order valence-corrected chi connectivity index (χ4v) is 6.77. The van der Waals surface area contributed by atoms with Crippen LogP contribution in [0, 0.1) is 0 Å². The molecule has 0 aliphatic carbocycles. The lowest BCUT2D eigenvalue weighted by molar-refractivity contribution is 1.08. The molecule has 6 aromatic carbocycles. The molecule has 206 valence electrons. The Labute approximate surface area is 254 Å². The van der Waals surface area contributed by atoms with Crippen molar-refractivity contribution in [2.75, 3.05) is 0 Å². The second-order valence-corrected chi connectivity index (χ2v) is 11.3. The normalized spacial score (nSPS) is 11.6. The predicted molar refractivity (Wildman–Crippen MR) is 184 cm³/mol. The van der Waals surface area contributed by atoms with Crippen LogP contribution in [0.25, 0.3) is 77.4 Å². The number of rotatable bonds is 4. The van der Waals surface area contributed by atoms with Crippen LogP contribution in [0.15, 0.2) is 164 Å². The maximum Gasteiger partial charge on any atom is 0.137 e. The average molecular weight is 562 g/mol. The molecule has 3 nitrogen and oxygen atoms in total. The minimum atomic E-state index is 0.928. The number of hydrogen-bond acceptors (Lipinski definition) is 1. The Hall–Kier alpha value is -5.93. The van der Waals surface area contributed by atoms with Crippen LogP contribution in [0.2, 0.25) is 0 Å². The molecular weight excluding hydrogens is 534 g/mol. The molecule has 0 atom stereocenters. The van der Waals surface area contributed by atoms with Crippen LogP contribution in [-0.2, 0) is 0 Å². The van der Waals surface area contributed by atoms with E-state index < -0.39 is 0 Å². The molecule has 0 spiro atoms. The molecule has 3 heterocycles. The summed E-state index contributed by atoms with van der Waals surface area (Å²) < 4.78 is 4.65. The summed E-state index contributed by atoms with van der Waals surface area (Å²) in [5.74, 6) is 0.928. The molecule has 44 heavy (non-hydrogen) atoms. The Morgan fingerprint density at radius 1 is 0.341 bits per heavy atom. The third-order valence-electron chi connectivity index (χ3n) is 8.77. The number of para-hydroxylation sites is 2. The van der Waals surface area contributed by atoms with Gasteiger partial charge in [-0.05, 0) is 82.9 Å². The zero-order chi connectivity index (χ0) is 29.0. The Morgan fingerprint density at radius 3 is 1.57 bits per heavy atom. The van der Waals surface area contributed by atoms with Gasteiger partial charge in [-0.15, -0.1) is 0 Å².